The molecule has 5 aliphatic rings. The fourth-order valence-corrected chi connectivity index (χ4v) is 15.8. The maximum atomic E-state index is 14.3. The van der Waals surface area contributed by atoms with E-state index in [4.69, 9.17) is 95.0 Å². The third-order valence-electron chi connectivity index (χ3n) is 16.3. The largest absolute Gasteiger partial charge is 0.472 e. The van der Waals surface area contributed by atoms with E-state index in [0.717, 1.165) is 27.7 Å². The first-order chi connectivity index (χ1) is 47.4. The Morgan fingerprint density at radius 3 is 1.55 bits per heavy atom. The van der Waals surface area contributed by atoms with Crippen molar-refractivity contribution in [2.45, 2.75) is 124 Å². The van der Waals surface area contributed by atoms with E-state index in [1.54, 1.807) is 0 Å². The van der Waals surface area contributed by atoms with Crippen molar-refractivity contribution in [3.8, 4) is 0 Å². The second-order valence-electron chi connectivity index (χ2n) is 22.9. The van der Waals surface area contributed by atoms with Gasteiger partial charge in [-0.25, -0.2) is 57.8 Å². The molecule has 0 spiro atoms. The van der Waals surface area contributed by atoms with Crippen molar-refractivity contribution in [3.63, 3.8) is 0 Å². The lowest BCUT2D eigenvalue weighted by Gasteiger charge is -2.25. The molecular weight excluding hydrogens is 1440 g/mol. The first-order valence-corrected chi connectivity index (χ1v) is 36.1. The zero-order chi connectivity index (χ0) is 70.9. The number of hydrogen-bond donors (Lipinski definition) is 13. The van der Waals surface area contributed by atoms with E-state index in [1.165, 1.54) is 44.9 Å². The molecule has 540 valence electrons. The highest BCUT2D eigenvalue weighted by atomic mass is 32.1. The molecule has 4 unspecified atom stereocenters. The van der Waals surface area contributed by atoms with Crippen LogP contribution in [0.5, 0.6) is 0 Å². The number of rotatable bonds is 26. The number of aliphatic hydroxyl groups excluding tert-OH is 2. The number of aromatic nitrogens is 16. The van der Waals surface area contributed by atoms with Gasteiger partial charge < -0.3 is 81.4 Å². The van der Waals surface area contributed by atoms with Crippen molar-refractivity contribution in [1.29, 1.82) is 0 Å². The molecule has 17 N–H and O–H groups in total. The van der Waals surface area contributed by atoms with Crippen LogP contribution in [0.4, 0.5) is 23.5 Å². The number of nitrogens with zero attached hydrogens (tertiary/aromatic N) is 13. The number of phosphoric acid groups is 4. The summed E-state index contributed by atoms with van der Waals surface area (Å²) in [5.74, 6) is -0.580. The monoisotopic (exact) mass is 1500 g/mol. The van der Waals surface area contributed by atoms with Gasteiger partial charge in [0.1, 0.15) is 115 Å². The van der Waals surface area contributed by atoms with Crippen LogP contribution < -0.4 is 45.4 Å². The molecule has 47 nitrogen and oxygen atoms in total. The second kappa shape index (κ2) is 28.1. The first kappa shape index (κ1) is 71.0. The quantitative estimate of drug-likeness (QED) is 0.0214. The maximum Gasteiger partial charge on any atom is 0.472 e. The van der Waals surface area contributed by atoms with E-state index in [-0.39, 0.29) is 80.9 Å². The van der Waals surface area contributed by atoms with Gasteiger partial charge in [0.25, 0.3) is 11.1 Å². The van der Waals surface area contributed by atoms with E-state index >= 15 is 0 Å². The summed E-state index contributed by atoms with van der Waals surface area (Å²) >= 11 is 5.35. The lowest BCUT2D eigenvalue weighted by Crippen LogP contribution is -2.32. The predicted octanol–water partition coefficient (Wildman–Crippen LogP) is -1.60. The molecule has 0 aromatic carbocycles. The standard InChI is InChI=1S/C48H60N20O27P4S/c49-29-1-3-64(47(73)58-29)33-7-21(93-96(75,76)83-11-25-19(70)5-31(88-25)67-17-56-37-41(67)60-45(51)62-43(37)72)26(89-33)12-85-98(79,80)95-23-9-35(68-18-57-38-42(68)61-46(52)63-44(38)100)91-28(23)14-86-99(81,82)94-22-8-34(66-16-55-36-39(50)53-15-54-40(36)66)90-27(22)13-84-97(77,78)92-20-6-32(87-24(20)10-69)65-4-2-30(71)59-48(65)74/h1-4,15-28,31-35,69-70H,5-14H2,(H,75,76)(H,77,78)(H,79,80)(H,81,82)(H2,49,58,73)(H2,50,53,54)(H,59,71,74)(H3,51,60,62,72)(H3,52,61,63,100)/t19-,20-,21-,22-,23-,24+,25+,26+,27+,28+,31+,32+,33+,34+,35+/m0/s1. The number of anilines is 4. The molecule has 0 amide bonds. The number of hydrogen-bond acceptors (Lipinski definition) is 36. The van der Waals surface area contributed by atoms with Crippen LogP contribution >= 0.6 is 43.5 Å². The fourth-order valence-electron chi connectivity index (χ4n) is 11.8. The smallest absolute Gasteiger partial charge is 0.394 e. The van der Waals surface area contributed by atoms with Crippen molar-refractivity contribution >= 4 is 101 Å². The van der Waals surface area contributed by atoms with Crippen molar-refractivity contribution in [3.05, 3.63) is 96.2 Å². The van der Waals surface area contributed by atoms with Gasteiger partial charge in [0.2, 0.25) is 5.95 Å². The molecule has 5 fully saturated rings. The number of H-pyrrole nitrogens is 3. The van der Waals surface area contributed by atoms with Gasteiger partial charge in [-0.1, -0.05) is 12.2 Å². The zero-order valence-electron chi connectivity index (χ0n) is 50.9. The summed E-state index contributed by atoms with van der Waals surface area (Å²) in [5.41, 5.74) is 20.7. The number of aliphatic hydroxyl groups is 2. The number of imidazole rings is 3. The van der Waals surface area contributed by atoms with E-state index in [9.17, 15) is 67.2 Å². The first-order valence-electron chi connectivity index (χ1n) is 29.7. The molecular formula is C48H60N20O27P4S. The molecule has 0 radical (unpaired) electrons. The Morgan fingerprint density at radius 1 is 0.520 bits per heavy atom. The van der Waals surface area contributed by atoms with E-state index < -0.39 is 192 Å². The minimum Gasteiger partial charge on any atom is -0.394 e. The summed E-state index contributed by atoms with van der Waals surface area (Å²) in [4.78, 5) is 135. The molecule has 19 atom stereocenters. The average molecular weight is 1510 g/mol. The van der Waals surface area contributed by atoms with Crippen LogP contribution in [0, 0.1) is 4.64 Å². The van der Waals surface area contributed by atoms with Gasteiger partial charge in [-0.05, 0) is 6.07 Å². The van der Waals surface area contributed by atoms with Crippen LogP contribution in [0.25, 0.3) is 33.5 Å². The van der Waals surface area contributed by atoms with Crippen molar-refractivity contribution < 1.29 is 108 Å². The Labute approximate surface area is 560 Å². The molecule has 8 aromatic heterocycles. The lowest BCUT2D eigenvalue weighted by atomic mass is 10.2. The molecule has 0 saturated carbocycles. The van der Waals surface area contributed by atoms with Crippen LogP contribution in [0.15, 0.2) is 69.0 Å². The van der Waals surface area contributed by atoms with Crippen molar-refractivity contribution in [2.24, 2.45) is 0 Å². The number of phosphoric ester groups is 4. The Morgan fingerprint density at radius 2 is 0.980 bits per heavy atom. The third-order valence-corrected chi connectivity index (χ3v) is 20.7. The van der Waals surface area contributed by atoms with Crippen LogP contribution in [0.1, 0.15) is 63.2 Å². The van der Waals surface area contributed by atoms with Crippen LogP contribution in [0.2, 0.25) is 0 Å². The number of fused-ring (bicyclic) bond motifs is 3. The second-order valence-corrected chi connectivity index (χ2v) is 28.9. The summed E-state index contributed by atoms with van der Waals surface area (Å²) in [6.07, 6.45) is -15.5. The molecule has 8 aromatic rings. The average Bonchev–Trinajstić information content (AvgIpc) is 1.62. The summed E-state index contributed by atoms with van der Waals surface area (Å²) < 4.78 is 136. The predicted molar refractivity (Wildman–Crippen MR) is 332 cm³/mol. The van der Waals surface area contributed by atoms with Gasteiger partial charge in [0.05, 0.1) is 58.1 Å². The number of nitrogen functional groups attached to an aromatic ring is 4. The topological polar surface area (TPSA) is 657 Å². The van der Waals surface area contributed by atoms with Crippen molar-refractivity contribution in [1.82, 2.24) is 77.7 Å². The molecule has 0 bridgehead atoms. The Balaban J connectivity index is 0.702. The molecule has 52 heteroatoms. The zero-order valence-corrected chi connectivity index (χ0v) is 55.3. The fraction of sp³-hybridized carbons (Fsp3) is 0.521. The number of aromatic amines is 3. The highest BCUT2D eigenvalue weighted by Gasteiger charge is 2.50. The number of nitrogens with one attached hydrogen (secondary N) is 3. The molecule has 5 saturated heterocycles. The Hall–Kier alpha value is -7.41. The van der Waals surface area contributed by atoms with Gasteiger partial charge in [0, 0.05) is 50.6 Å². The number of ether oxygens (including phenoxy) is 5. The highest BCUT2D eigenvalue weighted by Crippen LogP contribution is 2.55. The summed E-state index contributed by atoms with van der Waals surface area (Å²) in [5, 5.41) is 21.0. The Kier molecular flexibility index (Phi) is 19.9. The minimum atomic E-state index is -5.48. The van der Waals surface area contributed by atoms with Crippen LogP contribution in [-0.4, -0.2) is 202 Å². The van der Waals surface area contributed by atoms with Gasteiger partial charge in [-0.3, -0.25) is 78.6 Å². The summed E-state index contributed by atoms with van der Waals surface area (Å²) in [6.45, 7) is -4.47. The van der Waals surface area contributed by atoms with E-state index in [0.29, 0.717) is 0 Å². The van der Waals surface area contributed by atoms with Crippen LogP contribution in [-0.2, 0) is 78.1 Å². The van der Waals surface area contributed by atoms with Gasteiger partial charge in [0.15, 0.2) is 33.2 Å². The highest BCUT2D eigenvalue weighted by molar-refractivity contribution is 7.71. The molecule has 5 aliphatic heterocycles. The summed E-state index contributed by atoms with van der Waals surface area (Å²) in [7, 11) is -21.4. The maximum absolute atomic E-state index is 14.3. The molecule has 0 aliphatic carbocycles. The molecule has 13 rings (SSSR count). The Bertz CT molecular complexity index is 4920. The van der Waals surface area contributed by atoms with Gasteiger partial charge in [-0.2, -0.15) is 9.97 Å². The van der Waals surface area contributed by atoms with E-state index in [1.807, 2.05) is 0 Å². The molecule has 100 heavy (non-hydrogen) atoms. The van der Waals surface area contributed by atoms with E-state index in [2.05, 4.69) is 54.8 Å². The van der Waals surface area contributed by atoms with Gasteiger partial charge in [-0.15, -0.1) is 0 Å². The van der Waals surface area contributed by atoms with Crippen molar-refractivity contribution in [2.75, 3.05) is 56.0 Å². The molecule has 13 heterocycles. The lowest BCUT2D eigenvalue weighted by molar-refractivity contribution is -0.0638. The van der Waals surface area contributed by atoms with Crippen LogP contribution in [0.3, 0.4) is 0 Å². The SMILES string of the molecule is Nc1ccn([C@H]2C[C@H](OP(=O)(O)OC[C@H]3O[C@@H](n4cnc5c(=O)[nH]c(N)nc54)C[C@@H]3O)[C@@H](COP(=O)(O)O[C@H]3C[C@H](n4cnc5c(=S)nc(N)[nH]c54)O[C@@H]3COP(=O)(O)O[C@H]3C[C@H](n4cnc5c(N)ncnc54)O[C@@H]3COP(=O)(O)O[C@H]3C[C@H](n4ccc(=O)[nH]c4=O)O[C@@H]3CO)O2)c(=O)n1. The summed E-state index contributed by atoms with van der Waals surface area (Å²) in [6, 6.07) is 2.27. The normalized spacial score (nSPS) is 29.6. The van der Waals surface area contributed by atoms with Gasteiger partial charge >= 0.3 is 42.7 Å². The number of nitrogens with two attached hydrogens (primary N) is 4. The minimum absolute atomic E-state index is 0.0182. The third kappa shape index (κ3) is 15.4.